The Morgan fingerprint density at radius 1 is 0.971 bits per heavy atom. The Hall–Kier alpha value is -4.13. The van der Waals surface area contributed by atoms with Gasteiger partial charge in [-0.3, -0.25) is 9.59 Å². The largest absolute Gasteiger partial charge is 0.473 e. The van der Waals surface area contributed by atoms with Gasteiger partial charge in [-0.2, -0.15) is 0 Å². The molecule has 1 atom stereocenters. The van der Waals surface area contributed by atoms with E-state index in [-0.39, 0.29) is 17.7 Å². The number of anilines is 1. The third kappa shape index (κ3) is 5.81. The van der Waals surface area contributed by atoms with Crippen molar-refractivity contribution >= 4 is 28.4 Å². The Morgan fingerprint density at radius 2 is 1.74 bits per heavy atom. The summed E-state index contributed by atoms with van der Waals surface area (Å²) in [6.07, 6.45) is 3.79. The van der Waals surface area contributed by atoms with E-state index in [9.17, 15) is 9.59 Å². The lowest BCUT2D eigenvalue weighted by atomic mass is 10.0. The van der Waals surface area contributed by atoms with Gasteiger partial charge in [0.15, 0.2) is 0 Å². The SMILES string of the molecule is CC(C)C(=O)NC(Cc1c[nH]c2ccccc12)C(=O)Nc1ccc(OCc2ccccc2)nc1. The maximum atomic E-state index is 13.1. The molecule has 0 fully saturated rings. The summed E-state index contributed by atoms with van der Waals surface area (Å²) in [6, 6.07) is 20.4. The molecule has 0 spiro atoms. The van der Waals surface area contributed by atoms with Crippen LogP contribution in [-0.4, -0.2) is 27.8 Å². The molecule has 1 unspecified atom stereocenters. The molecule has 34 heavy (non-hydrogen) atoms. The van der Waals surface area contributed by atoms with Crippen molar-refractivity contribution < 1.29 is 14.3 Å². The average Bonchev–Trinajstić information content (AvgIpc) is 3.26. The topological polar surface area (TPSA) is 96.1 Å². The molecule has 2 amide bonds. The number of para-hydroxylation sites is 1. The van der Waals surface area contributed by atoms with Crippen LogP contribution in [0.15, 0.2) is 79.1 Å². The molecule has 0 aliphatic heterocycles. The molecule has 0 saturated carbocycles. The van der Waals surface area contributed by atoms with Crippen LogP contribution in [0.4, 0.5) is 5.69 Å². The summed E-state index contributed by atoms with van der Waals surface area (Å²) in [5.74, 6) is -0.256. The van der Waals surface area contributed by atoms with Crippen molar-refractivity contribution in [2.24, 2.45) is 5.92 Å². The first kappa shape index (κ1) is 23.0. The lowest BCUT2D eigenvalue weighted by Crippen LogP contribution is -2.46. The van der Waals surface area contributed by atoms with Gasteiger partial charge in [-0.05, 0) is 23.3 Å². The zero-order valence-electron chi connectivity index (χ0n) is 19.2. The molecule has 4 rings (SSSR count). The van der Waals surface area contributed by atoms with Gasteiger partial charge in [-0.1, -0.05) is 62.4 Å². The molecule has 0 aliphatic carbocycles. The van der Waals surface area contributed by atoms with Crippen LogP contribution in [0.25, 0.3) is 10.9 Å². The van der Waals surface area contributed by atoms with E-state index >= 15 is 0 Å². The van der Waals surface area contributed by atoms with Crippen molar-refractivity contribution in [3.63, 3.8) is 0 Å². The number of benzene rings is 2. The standard InChI is InChI=1S/C27H28N4O3/c1-18(2)26(32)31-24(14-20-15-28-23-11-7-6-10-22(20)23)27(33)30-21-12-13-25(29-16-21)34-17-19-8-4-3-5-9-19/h3-13,15-16,18,24,28H,14,17H2,1-2H3,(H,30,33)(H,31,32). The van der Waals surface area contributed by atoms with Gasteiger partial charge in [-0.25, -0.2) is 4.98 Å². The fraction of sp³-hybridized carbons (Fsp3) is 0.222. The smallest absolute Gasteiger partial charge is 0.247 e. The first-order chi connectivity index (χ1) is 16.5. The number of pyridine rings is 1. The van der Waals surface area contributed by atoms with E-state index in [0.29, 0.717) is 24.6 Å². The number of hydrogen-bond acceptors (Lipinski definition) is 4. The number of nitrogens with one attached hydrogen (secondary N) is 3. The molecule has 0 aliphatic rings. The molecule has 0 radical (unpaired) electrons. The first-order valence-corrected chi connectivity index (χ1v) is 11.3. The minimum Gasteiger partial charge on any atom is -0.473 e. The van der Waals surface area contributed by atoms with E-state index in [1.54, 1.807) is 32.2 Å². The zero-order chi connectivity index (χ0) is 23.9. The fourth-order valence-electron chi connectivity index (χ4n) is 3.57. The van der Waals surface area contributed by atoms with Gasteiger partial charge in [0.25, 0.3) is 0 Å². The lowest BCUT2D eigenvalue weighted by molar-refractivity contribution is -0.128. The maximum Gasteiger partial charge on any atom is 0.247 e. The predicted octanol–water partition coefficient (Wildman–Crippen LogP) is 4.46. The second-order valence-electron chi connectivity index (χ2n) is 8.43. The monoisotopic (exact) mass is 456 g/mol. The normalized spacial score (nSPS) is 11.9. The van der Waals surface area contributed by atoms with Crippen LogP contribution in [0.1, 0.15) is 25.0 Å². The predicted molar refractivity (Wildman–Crippen MR) is 132 cm³/mol. The summed E-state index contributed by atoms with van der Waals surface area (Å²) in [5, 5.41) is 6.77. The minimum absolute atomic E-state index is 0.178. The van der Waals surface area contributed by atoms with Gasteiger partial charge in [0, 0.05) is 35.5 Å². The minimum atomic E-state index is -0.733. The highest BCUT2D eigenvalue weighted by atomic mass is 16.5. The third-order valence-corrected chi connectivity index (χ3v) is 5.49. The molecule has 2 aromatic carbocycles. The van der Waals surface area contributed by atoms with Crippen LogP contribution >= 0.6 is 0 Å². The van der Waals surface area contributed by atoms with E-state index in [2.05, 4.69) is 20.6 Å². The summed E-state index contributed by atoms with van der Waals surface area (Å²) >= 11 is 0. The van der Waals surface area contributed by atoms with E-state index < -0.39 is 6.04 Å². The lowest BCUT2D eigenvalue weighted by Gasteiger charge is -2.19. The van der Waals surface area contributed by atoms with Gasteiger partial charge < -0.3 is 20.4 Å². The number of hydrogen-bond donors (Lipinski definition) is 3. The number of fused-ring (bicyclic) bond motifs is 1. The Labute approximate surface area is 198 Å². The molecule has 7 heteroatoms. The summed E-state index contributed by atoms with van der Waals surface area (Å²) in [4.78, 5) is 33.0. The van der Waals surface area contributed by atoms with Crippen molar-refractivity contribution in [3.8, 4) is 5.88 Å². The molecule has 2 heterocycles. The molecule has 174 valence electrons. The number of carbonyl (C=O) groups is 2. The molecule has 2 aromatic heterocycles. The van der Waals surface area contributed by atoms with Crippen LogP contribution in [-0.2, 0) is 22.6 Å². The zero-order valence-corrected chi connectivity index (χ0v) is 19.2. The van der Waals surface area contributed by atoms with Crippen LogP contribution in [0.5, 0.6) is 5.88 Å². The quantitative estimate of drug-likeness (QED) is 0.346. The van der Waals surface area contributed by atoms with Crippen LogP contribution < -0.4 is 15.4 Å². The van der Waals surface area contributed by atoms with E-state index in [1.807, 2.05) is 60.8 Å². The second kappa shape index (κ2) is 10.7. The van der Waals surface area contributed by atoms with Crippen molar-refractivity contribution in [1.29, 1.82) is 0 Å². The van der Waals surface area contributed by atoms with Crippen LogP contribution in [0.3, 0.4) is 0 Å². The van der Waals surface area contributed by atoms with Crippen LogP contribution in [0, 0.1) is 5.92 Å². The number of carbonyl (C=O) groups excluding carboxylic acids is 2. The van der Waals surface area contributed by atoms with Gasteiger partial charge in [0.05, 0.1) is 11.9 Å². The molecule has 4 aromatic rings. The summed E-state index contributed by atoms with van der Waals surface area (Å²) in [7, 11) is 0. The van der Waals surface area contributed by atoms with Gasteiger partial charge in [0.1, 0.15) is 12.6 Å². The Kier molecular flexibility index (Phi) is 7.22. The number of aromatic amines is 1. The Morgan fingerprint density at radius 3 is 2.47 bits per heavy atom. The van der Waals surface area contributed by atoms with Crippen molar-refractivity contribution in [3.05, 3.63) is 90.3 Å². The average molecular weight is 457 g/mol. The molecule has 3 N–H and O–H groups in total. The molecule has 7 nitrogen and oxygen atoms in total. The Bertz CT molecular complexity index is 1250. The highest BCUT2D eigenvalue weighted by Gasteiger charge is 2.24. The Balaban J connectivity index is 1.43. The van der Waals surface area contributed by atoms with E-state index in [1.165, 1.54) is 0 Å². The second-order valence-corrected chi connectivity index (χ2v) is 8.43. The number of amides is 2. The first-order valence-electron chi connectivity index (χ1n) is 11.3. The number of nitrogens with zero attached hydrogens (tertiary/aromatic N) is 1. The summed E-state index contributed by atoms with van der Waals surface area (Å²) in [5.41, 5.74) is 3.52. The highest BCUT2D eigenvalue weighted by Crippen LogP contribution is 2.20. The molecular weight excluding hydrogens is 428 g/mol. The molecule has 0 saturated heterocycles. The fourth-order valence-corrected chi connectivity index (χ4v) is 3.57. The van der Waals surface area contributed by atoms with Crippen molar-refractivity contribution in [2.45, 2.75) is 32.9 Å². The third-order valence-electron chi connectivity index (χ3n) is 5.49. The van der Waals surface area contributed by atoms with Gasteiger partial charge in [0.2, 0.25) is 17.7 Å². The van der Waals surface area contributed by atoms with Gasteiger partial charge >= 0.3 is 0 Å². The summed E-state index contributed by atoms with van der Waals surface area (Å²) < 4.78 is 5.71. The van der Waals surface area contributed by atoms with Crippen molar-refractivity contribution in [2.75, 3.05) is 5.32 Å². The van der Waals surface area contributed by atoms with E-state index in [0.717, 1.165) is 22.0 Å². The van der Waals surface area contributed by atoms with Gasteiger partial charge in [-0.15, -0.1) is 0 Å². The van der Waals surface area contributed by atoms with Crippen molar-refractivity contribution in [1.82, 2.24) is 15.3 Å². The summed E-state index contributed by atoms with van der Waals surface area (Å²) in [6.45, 7) is 4.01. The number of aromatic nitrogens is 2. The van der Waals surface area contributed by atoms with E-state index in [4.69, 9.17) is 4.74 Å². The maximum absolute atomic E-state index is 13.1. The van der Waals surface area contributed by atoms with Crippen LogP contribution in [0.2, 0.25) is 0 Å². The number of H-pyrrole nitrogens is 1. The highest BCUT2D eigenvalue weighted by molar-refractivity contribution is 5.98. The number of ether oxygens (including phenoxy) is 1. The molecule has 0 bridgehead atoms. The molecular formula is C27H28N4O3. The number of rotatable bonds is 9.